The molecule has 0 aliphatic carbocycles. The standard InChI is InChI=1S/C24H31Cl2N3O4S/c1-16(2)13-27-24(31)18(4)28(14-19-9-6-8-17(3)12-19)22(30)15-29(34(5,32)33)21-11-7-10-20(25)23(21)26/h6-12,16,18H,13-15H2,1-5H3,(H,27,31)/t18-/m0/s1. The fourth-order valence-corrected chi connectivity index (χ4v) is 4.62. The molecule has 2 rings (SSSR count). The van der Waals surface area contributed by atoms with Crippen molar-refractivity contribution < 1.29 is 18.0 Å². The van der Waals surface area contributed by atoms with Gasteiger partial charge in [-0.05, 0) is 37.5 Å². The van der Waals surface area contributed by atoms with E-state index in [4.69, 9.17) is 23.2 Å². The van der Waals surface area contributed by atoms with E-state index in [9.17, 15) is 18.0 Å². The van der Waals surface area contributed by atoms with Gasteiger partial charge in [0, 0.05) is 13.1 Å². The number of hydrogen-bond acceptors (Lipinski definition) is 4. The number of hydrogen-bond donors (Lipinski definition) is 1. The normalized spacial score (nSPS) is 12.4. The summed E-state index contributed by atoms with van der Waals surface area (Å²) in [5.41, 5.74) is 1.92. The van der Waals surface area contributed by atoms with Crippen LogP contribution in [0.1, 0.15) is 31.9 Å². The maximum absolute atomic E-state index is 13.5. The van der Waals surface area contributed by atoms with Crippen molar-refractivity contribution in [3.63, 3.8) is 0 Å². The molecule has 2 amide bonds. The highest BCUT2D eigenvalue weighted by Gasteiger charge is 2.31. The Bertz CT molecular complexity index is 1140. The second-order valence-electron chi connectivity index (χ2n) is 8.67. The van der Waals surface area contributed by atoms with Gasteiger partial charge in [-0.3, -0.25) is 13.9 Å². The molecule has 0 bridgehead atoms. The lowest BCUT2D eigenvalue weighted by Gasteiger charge is -2.32. The van der Waals surface area contributed by atoms with Crippen molar-refractivity contribution in [3.05, 3.63) is 63.6 Å². The summed E-state index contributed by atoms with van der Waals surface area (Å²) in [6.45, 7) is 7.56. The van der Waals surface area contributed by atoms with Gasteiger partial charge in [0.1, 0.15) is 12.6 Å². The van der Waals surface area contributed by atoms with Crippen molar-refractivity contribution in [2.75, 3.05) is 23.7 Å². The summed E-state index contributed by atoms with van der Waals surface area (Å²) in [6.07, 6.45) is 0.987. The van der Waals surface area contributed by atoms with E-state index in [0.717, 1.165) is 21.7 Å². The average molecular weight is 529 g/mol. The van der Waals surface area contributed by atoms with Gasteiger partial charge in [0.25, 0.3) is 0 Å². The first-order valence-corrected chi connectivity index (χ1v) is 13.5. The van der Waals surface area contributed by atoms with Crippen LogP contribution in [0.2, 0.25) is 10.0 Å². The first kappa shape index (κ1) is 28.0. The SMILES string of the molecule is Cc1cccc(CN(C(=O)CN(c2cccc(Cl)c2Cl)S(C)(=O)=O)[C@@H](C)C(=O)NCC(C)C)c1. The summed E-state index contributed by atoms with van der Waals surface area (Å²) in [7, 11) is -3.89. The number of nitrogens with one attached hydrogen (secondary N) is 1. The minimum atomic E-state index is -3.89. The van der Waals surface area contributed by atoms with Crippen LogP contribution in [-0.2, 0) is 26.2 Å². The predicted octanol–water partition coefficient (Wildman–Crippen LogP) is 4.26. The van der Waals surface area contributed by atoms with Crippen molar-refractivity contribution in [3.8, 4) is 0 Å². The zero-order chi connectivity index (χ0) is 25.6. The molecule has 2 aromatic rings. The highest BCUT2D eigenvalue weighted by atomic mass is 35.5. The second kappa shape index (κ2) is 11.9. The third-order valence-corrected chi connectivity index (χ3v) is 7.10. The number of carbonyl (C=O) groups is 2. The van der Waals surface area contributed by atoms with Gasteiger partial charge in [-0.2, -0.15) is 0 Å². The molecular weight excluding hydrogens is 497 g/mol. The molecule has 2 aromatic carbocycles. The largest absolute Gasteiger partial charge is 0.354 e. The molecule has 0 saturated carbocycles. The highest BCUT2D eigenvalue weighted by Crippen LogP contribution is 2.33. The number of halogens is 2. The second-order valence-corrected chi connectivity index (χ2v) is 11.4. The summed E-state index contributed by atoms with van der Waals surface area (Å²) in [6, 6.07) is 11.3. The zero-order valence-corrected chi connectivity index (χ0v) is 22.3. The zero-order valence-electron chi connectivity index (χ0n) is 20.0. The molecular formula is C24H31Cl2N3O4S. The molecule has 0 unspecified atom stereocenters. The average Bonchev–Trinajstić information content (AvgIpc) is 2.75. The molecule has 0 fully saturated rings. The molecule has 0 saturated heterocycles. The predicted molar refractivity (Wildman–Crippen MR) is 138 cm³/mol. The third kappa shape index (κ3) is 7.61. The van der Waals surface area contributed by atoms with E-state index < -0.39 is 28.5 Å². The van der Waals surface area contributed by atoms with Gasteiger partial charge < -0.3 is 10.2 Å². The minimum Gasteiger partial charge on any atom is -0.354 e. The van der Waals surface area contributed by atoms with Gasteiger partial charge >= 0.3 is 0 Å². The molecule has 7 nitrogen and oxygen atoms in total. The Kier molecular flexibility index (Phi) is 9.79. The van der Waals surface area contributed by atoms with Crippen LogP contribution < -0.4 is 9.62 Å². The number of anilines is 1. The molecule has 1 N–H and O–H groups in total. The number of benzene rings is 2. The van der Waals surface area contributed by atoms with E-state index in [1.807, 2.05) is 45.0 Å². The summed E-state index contributed by atoms with van der Waals surface area (Å²) in [4.78, 5) is 27.7. The maximum Gasteiger partial charge on any atom is 0.244 e. The van der Waals surface area contributed by atoms with Crippen LogP contribution in [0.25, 0.3) is 0 Å². The van der Waals surface area contributed by atoms with Crippen LogP contribution in [-0.4, -0.2) is 50.5 Å². The molecule has 0 radical (unpaired) electrons. The lowest BCUT2D eigenvalue weighted by Crippen LogP contribution is -2.51. The van der Waals surface area contributed by atoms with Crippen molar-refractivity contribution in [1.82, 2.24) is 10.2 Å². The maximum atomic E-state index is 13.5. The Morgan fingerprint density at radius 3 is 2.29 bits per heavy atom. The van der Waals surface area contributed by atoms with E-state index >= 15 is 0 Å². The van der Waals surface area contributed by atoms with Gasteiger partial charge in [-0.1, -0.05) is 72.9 Å². The molecule has 1 atom stereocenters. The van der Waals surface area contributed by atoms with Gasteiger partial charge in [0.15, 0.2) is 0 Å². The van der Waals surface area contributed by atoms with E-state index in [1.165, 1.54) is 17.0 Å². The van der Waals surface area contributed by atoms with Crippen molar-refractivity contribution in [2.24, 2.45) is 5.92 Å². The molecule has 0 aliphatic heterocycles. The number of aryl methyl sites for hydroxylation is 1. The summed E-state index contributed by atoms with van der Waals surface area (Å²) in [5.74, 6) is -0.626. The van der Waals surface area contributed by atoms with Crippen LogP contribution in [0.15, 0.2) is 42.5 Å². The lowest BCUT2D eigenvalue weighted by atomic mass is 10.1. The van der Waals surface area contributed by atoms with Gasteiger partial charge in [-0.15, -0.1) is 0 Å². The van der Waals surface area contributed by atoms with Gasteiger partial charge in [0.2, 0.25) is 21.8 Å². The van der Waals surface area contributed by atoms with Crippen LogP contribution in [0.3, 0.4) is 0 Å². The summed E-state index contributed by atoms with van der Waals surface area (Å²) >= 11 is 12.3. The van der Waals surface area contributed by atoms with Crippen molar-refractivity contribution in [1.29, 1.82) is 0 Å². The van der Waals surface area contributed by atoms with E-state index in [2.05, 4.69) is 5.32 Å². The third-order valence-electron chi connectivity index (χ3n) is 5.17. The fraction of sp³-hybridized carbons (Fsp3) is 0.417. The van der Waals surface area contributed by atoms with Crippen molar-refractivity contribution >= 4 is 50.7 Å². The quantitative estimate of drug-likeness (QED) is 0.500. The number of amides is 2. The molecule has 10 heteroatoms. The number of sulfonamides is 1. The van der Waals surface area contributed by atoms with E-state index in [1.54, 1.807) is 13.0 Å². The van der Waals surface area contributed by atoms with Gasteiger partial charge in [-0.25, -0.2) is 8.42 Å². The monoisotopic (exact) mass is 527 g/mol. The van der Waals surface area contributed by atoms with Crippen LogP contribution >= 0.6 is 23.2 Å². The Morgan fingerprint density at radius 1 is 1.06 bits per heavy atom. The molecule has 186 valence electrons. The summed E-state index contributed by atoms with van der Waals surface area (Å²) in [5, 5.41) is 3.03. The van der Waals surface area contributed by atoms with E-state index in [-0.39, 0.29) is 34.1 Å². The Balaban J connectivity index is 2.41. The van der Waals surface area contributed by atoms with E-state index in [0.29, 0.717) is 6.54 Å². The molecule has 0 aromatic heterocycles. The molecule has 0 aliphatic rings. The Labute approximate surface area is 212 Å². The number of nitrogens with zero attached hydrogens (tertiary/aromatic N) is 2. The first-order chi connectivity index (χ1) is 15.8. The Hall–Kier alpha value is -2.29. The molecule has 0 heterocycles. The molecule has 34 heavy (non-hydrogen) atoms. The molecule has 0 spiro atoms. The Morgan fingerprint density at radius 2 is 1.71 bits per heavy atom. The minimum absolute atomic E-state index is 0.0235. The number of rotatable bonds is 10. The number of carbonyl (C=O) groups excluding carboxylic acids is 2. The van der Waals surface area contributed by atoms with Crippen LogP contribution in [0, 0.1) is 12.8 Å². The lowest BCUT2D eigenvalue weighted by molar-refractivity contribution is -0.139. The highest BCUT2D eigenvalue weighted by molar-refractivity contribution is 7.92. The smallest absolute Gasteiger partial charge is 0.244 e. The van der Waals surface area contributed by atoms with Gasteiger partial charge in [0.05, 0.1) is 22.0 Å². The van der Waals surface area contributed by atoms with Crippen LogP contribution in [0.5, 0.6) is 0 Å². The topological polar surface area (TPSA) is 86.8 Å². The van der Waals surface area contributed by atoms with Crippen molar-refractivity contribution in [2.45, 2.75) is 40.3 Å². The fourth-order valence-electron chi connectivity index (χ4n) is 3.32. The summed E-state index contributed by atoms with van der Waals surface area (Å²) < 4.78 is 26.1. The first-order valence-electron chi connectivity index (χ1n) is 10.9. The van der Waals surface area contributed by atoms with Crippen LogP contribution in [0.4, 0.5) is 5.69 Å².